The van der Waals surface area contributed by atoms with Crippen LogP contribution < -0.4 is 34.7 Å². The van der Waals surface area contributed by atoms with Crippen LogP contribution >= 0.6 is 0 Å². The third-order valence-electron chi connectivity index (χ3n) is 4.08. The zero-order valence-electron chi connectivity index (χ0n) is 14.0. The SMILES string of the molecule is CCCCCC/C=C/COC(=O)C1CCCCC1C(=O)[O-].[Na+]. The van der Waals surface area contributed by atoms with Crippen LogP contribution in [0.5, 0.6) is 0 Å². The summed E-state index contributed by atoms with van der Waals surface area (Å²) in [5.41, 5.74) is 0. The number of rotatable bonds is 9. The molecule has 0 N–H and O–H groups in total. The van der Waals surface area contributed by atoms with Crippen LogP contribution in [0.3, 0.4) is 0 Å². The van der Waals surface area contributed by atoms with Crippen molar-refractivity contribution in [2.75, 3.05) is 6.61 Å². The molecule has 1 aliphatic carbocycles. The van der Waals surface area contributed by atoms with Gasteiger partial charge in [-0.15, -0.1) is 0 Å². The fourth-order valence-electron chi connectivity index (χ4n) is 2.81. The van der Waals surface area contributed by atoms with E-state index in [1.54, 1.807) is 0 Å². The van der Waals surface area contributed by atoms with Crippen molar-refractivity contribution in [3.63, 3.8) is 0 Å². The Kier molecular flexibility index (Phi) is 13.0. The molecule has 0 heterocycles. The molecular weight excluding hydrogens is 291 g/mol. The molecule has 1 fully saturated rings. The van der Waals surface area contributed by atoms with Gasteiger partial charge in [-0.2, -0.15) is 0 Å². The van der Waals surface area contributed by atoms with E-state index in [2.05, 4.69) is 6.92 Å². The van der Waals surface area contributed by atoms with Crippen molar-refractivity contribution in [2.45, 2.75) is 64.7 Å². The van der Waals surface area contributed by atoms with E-state index in [0.717, 1.165) is 25.7 Å². The maximum absolute atomic E-state index is 11.9. The monoisotopic (exact) mass is 318 g/mol. The Morgan fingerprint density at radius 2 is 1.77 bits per heavy atom. The molecule has 0 aromatic carbocycles. The second kappa shape index (κ2) is 13.1. The molecule has 2 unspecified atom stereocenters. The normalized spacial score (nSPS) is 21.3. The summed E-state index contributed by atoms with van der Waals surface area (Å²) in [6.07, 6.45) is 12.6. The van der Waals surface area contributed by atoms with Crippen molar-refractivity contribution in [1.82, 2.24) is 0 Å². The standard InChI is InChI=1S/C17H28O4.Na/c1-2-3-4-5-6-7-10-13-21-17(20)15-12-9-8-11-14(15)16(18)19;/h7,10,14-15H,2-6,8-9,11-13H2,1H3,(H,18,19);/q;+1/p-1/b10-7+;. The molecular formula is C17H27NaO4. The summed E-state index contributed by atoms with van der Waals surface area (Å²) in [4.78, 5) is 23.0. The van der Waals surface area contributed by atoms with Crippen molar-refractivity contribution in [3.05, 3.63) is 12.2 Å². The third-order valence-corrected chi connectivity index (χ3v) is 4.08. The summed E-state index contributed by atoms with van der Waals surface area (Å²) in [7, 11) is 0. The van der Waals surface area contributed by atoms with E-state index in [-0.39, 0.29) is 42.1 Å². The predicted octanol–water partition coefficient (Wildman–Crippen LogP) is -0.383. The van der Waals surface area contributed by atoms with Gasteiger partial charge in [0.1, 0.15) is 6.61 Å². The number of carboxylic acid groups (broad SMARTS) is 1. The summed E-state index contributed by atoms with van der Waals surface area (Å²) in [6.45, 7) is 2.42. The van der Waals surface area contributed by atoms with Gasteiger partial charge in [-0.25, -0.2) is 0 Å². The van der Waals surface area contributed by atoms with Gasteiger partial charge in [0.05, 0.1) is 5.92 Å². The van der Waals surface area contributed by atoms with Crippen LogP contribution in [0.15, 0.2) is 12.2 Å². The van der Waals surface area contributed by atoms with Crippen molar-refractivity contribution < 1.29 is 49.0 Å². The minimum atomic E-state index is -1.12. The fourth-order valence-corrected chi connectivity index (χ4v) is 2.81. The molecule has 1 rings (SSSR count). The van der Waals surface area contributed by atoms with Crippen LogP contribution in [0, 0.1) is 11.8 Å². The summed E-state index contributed by atoms with van der Waals surface area (Å²) in [5, 5.41) is 11.0. The molecule has 0 aliphatic heterocycles. The van der Waals surface area contributed by atoms with Crippen molar-refractivity contribution in [3.8, 4) is 0 Å². The van der Waals surface area contributed by atoms with Gasteiger partial charge in [-0.3, -0.25) is 4.79 Å². The average Bonchev–Trinajstić information content (AvgIpc) is 2.49. The fraction of sp³-hybridized carbons (Fsp3) is 0.765. The number of aliphatic carboxylic acids is 1. The maximum atomic E-state index is 11.9. The second-order valence-corrected chi connectivity index (χ2v) is 5.77. The minimum absolute atomic E-state index is 0. The molecule has 0 saturated heterocycles. The molecule has 5 heteroatoms. The summed E-state index contributed by atoms with van der Waals surface area (Å²) in [6, 6.07) is 0. The number of allylic oxidation sites excluding steroid dienone is 1. The van der Waals surface area contributed by atoms with Gasteiger partial charge >= 0.3 is 35.5 Å². The van der Waals surface area contributed by atoms with Crippen molar-refractivity contribution in [1.29, 1.82) is 0 Å². The van der Waals surface area contributed by atoms with E-state index in [1.165, 1.54) is 19.3 Å². The quantitative estimate of drug-likeness (QED) is 0.251. The summed E-state index contributed by atoms with van der Waals surface area (Å²) >= 11 is 0. The van der Waals surface area contributed by atoms with Crippen LogP contribution in [0.25, 0.3) is 0 Å². The Hall–Kier alpha value is -0.320. The Labute approximate surface area is 156 Å². The summed E-state index contributed by atoms with van der Waals surface area (Å²) in [5.74, 6) is -2.71. The Balaban J connectivity index is 0.00000441. The maximum Gasteiger partial charge on any atom is 1.00 e. The zero-order valence-corrected chi connectivity index (χ0v) is 16.0. The van der Waals surface area contributed by atoms with Crippen LogP contribution in [0.1, 0.15) is 64.7 Å². The molecule has 0 aromatic heterocycles. The van der Waals surface area contributed by atoms with E-state index >= 15 is 0 Å². The van der Waals surface area contributed by atoms with Crippen molar-refractivity contribution in [2.24, 2.45) is 11.8 Å². The van der Waals surface area contributed by atoms with Gasteiger partial charge in [0.15, 0.2) is 0 Å². The number of hydrogen-bond donors (Lipinski definition) is 0. The first-order chi connectivity index (χ1) is 10.2. The van der Waals surface area contributed by atoms with Gasteiger partial charge in [-0.05, 0) is 25.7 Å². The number of carbonyl (C=O) groups excluding carboxylic acids is 2. The molecule has 0 spiro atoms. The first-order valence-corrected chi connectivity index (χ1v) is 8.19. The molecule has 0 radical (unpaired) electrons. The van der Waals surface area contributed by atoms with Crippen LogP contribution in [-0.2, 0) is 14.3 Å². The number of carboxylic acids is 1. The molecule has 0 amide bonds. The smallest absolute Gasteiger partial charge is 0.550 e. The van der Waals surface area contributed by atoms with E-state index in [0.29, 0.717) is 12.8 Å². The number of esters is 1. The molecule has 22 heavy (non-hydrogen) atoms. The number of ether oxygens (including phenoxy) is 1. The molecule has 0 aromatic rings. The predicted molar refractivity (Wildman–Crippen MR) is 79.3 cm³/mol. The average molecular weight is 318 g/mol. The molecule has 1 aliphatic rings. The molecule has 4 nitrogen and oxygen atoms in total. The van der Waals surface area contributed by atoms with E-state index < -0.39 is 17.8 Å². The Bertz CT molecular complexity index is 355. The van der Waals surface area contributed by atoms with E-state index in [9.17, 15) is 14.7 Å². The molecule has 120 valence electrons. The third kappa shape index (κ3) is 8.35. The van der Waals surface area contributed by atoms with Gasteiger partial charge in [0.2, 0.25) is 0 Å². The summed E-state index contributed by atoms with van der Waals surface area (Å²) < 4.78 is 5.17. The topological polar surface area (TPSA) is 66.4 Å². The largest absolute Gasteiger partial charge is 1.00 e. The van der Waals surface area contributed by atoms with Gasteiger partial charge in [0, 0.05) is 11.9 Å². The molecule has 2 atom stereocenters. The van der Waals surface area contributed by atoms with Crippen molar-refractivity contribution >= 4 is 11.9 Å². The first-order valence-electron chi connectivity index (χ1n) is 8.19. The van der Waals surface area contributed by atoms with Crippen LogP contribution in [0.2, 0.25) is 0 Å². The van der Waals surface area contributed by atoms with E-state index in [4.69, 9.17) is 4.74 Å². The first kappa shape index (κ1) is 21.7. The second-order valence-electron chi connectivity index (χ2n) is 5.77. The Morgan fingerprint density at radius 1 is 1.09 bits per heavy atom. The van der Waals surface area contributed by atoms with Gasteiger partial charge < -0.3 is 14.6 Å². The Morgan fingerprint density at radius 3 is 2.41 bits per heavy atom. The molecule has 1 saturated carbocycles. The van der Waals surface area contributed by atoms with Gasteiger partial charge in [-0.1, -0.05) is 51.2 Å². The van der Waals surface area contributed by atoms with Gasteiger partial charge in [0.25, 0.3) is 0 Å². The zero-order chi connectivity index (χ0) is 15.5. The number of carbonyl (C=O) groups is 2. The number of unbranched alkanes of at least 4 members (excludes halogenated alkanes) is 4. The minimum Gasteiger partial charge on any atom is -0.550 e. The van der Waals surface area contributed by atoms with E-state index in [1.807, 2.05) is 12.2 Å². The molecule has 0 bridgehead atoms. The van der Waals surface area contributed by atoms with Crippen LogP contribution in [-0.4, -0.2) is 18.5 Å². The van der Waals surface area contributed by atoms with Crippen LogP contribution in [0.4, 0.5) is 0 Å². The number of hydrogen-bond acceptors (Lipinski definition) is 4.